The van der Waals surface area contributed by atoms with Crippen molar-refractivity contribution in [3.8, 4) is 5.75 Å². The molecule has 2 atom stereocenters. The lowest BCUT2D eigenvalue weighted by atomic mass is 9.84. The Balaban J connectivity index is 1.87. The highest BCUT2D eigenvalue weighted by Gasteiger charge is 2.57. The van der Waals surface area contributed by atoms with Crippen molar-refractivity contribution in [3.05, 3.63) is 29.2 Å². The fraction of sp³-hybridized carbons (Fsp3) is 0.647. The summed E-state index contributed by atoms with van der Waals surface area (Å²) in [4.78, 5) is 13.9. The Labute approximate surface area is 146 Å². The molecule has 0 aromatic carbocycles. The predicted molar refractivity (Wildman–Crippen MR) is 86.9 cm³/mol. The number of carbonyl (C=O) groups is 1. The number of hydrogen-bond acceptors (Lipinski definition) is 6. The third kappa shape index (κ3) is 3.23. The van der Waals surface area contributed by atoms with E-state index in [-0.39, 0.29) is 13.3 Å². The Morgan fingerprint density at radius 3 is 2.92 bits per heavy atom. The van der Waals surface area contributed by atoms with E-state index in [4.69, 9.17) is 18.9 Å². The molecule has 1 aromatic heterocycles. The van der Waals surface area contributed by atoms with Crippen molar-refractivity contribution in [2.24, 2.45) is 0 Å². The van der Waals surface area contributed by atoms with Crippen LogP contribution in [0.4, 0.5) is 4.79 Å². The third-order valence-electron chi connectivity index (χ3n) is 4.44. The van der Waals surface area contributed by atoms with Crippen LogP contribution in [0, 0.1) is 5.21 Å². The van der Waals surface area contributed by atoms with Gasteiger partial charge < -0.3 is 29.1 Å². The first-order chi connectivity index (χ1) is 11.8. The minimum absolute atomic E-state index is 0.0604. The Morgan fingerprint density at radius 1 is 1.48 bits per heavy atom. The molecule has 2 fully saturated rings. The zero-order chi connectivity index (χ0) is 18.2. The van der Waals surface area contributed by atoms with E-state index >= 15 is 0 Å². The highest BCUT2D eigenvalue weighted by Crippen LogP contribution is 2.44. The van der Waals surface area contributed by atoms with Gasteiger partial charge in [-0.3, -0.25) is 0 Å². The van der Waals surface area contributed by atoms with Crippen LogP contribution >= 0.6 is 0 Å². The molecule has 25 heavy (non-hydrogen) atoms. The second kappa shape index (κ2) is 6.34. The molecule has 0 aliphatic carbocycles. The Kier molecular flexibility index (Phi) is 4.51. The molecular weight excluding hydrogens is 328 g/mol. The summed E-state index contributed by atoms with van der Waals surface area (Å²) < 4.78 is 23.1. The van der Waals surface area contributed by atoms with E-state index in [2.05, 4.69) is 0 Å². The highest BCUT2D eigenvalue weighted by atomic mass is 16.7. The molecule has 8 nitrogen and oxygen atoms in total. The van der Waals surface area contributed by atoms with Crippen molar-refractivity contribution >= 4 is 6.09 Å². The van der Waals surface area contributed by atoms with Crippen LogP contribution in [-0.4, -0.2) is 49.7 Å². The van der Waals surface area contributed by atoms with Gasteiger partial charge in [-0.2, -0.15) is 4.73 Å². The Morgan fingerprint density at radius 2 is 2.24 bits per heavy atom. The maximum absolute atomic E-state index is 12.4. The molecular formula is C17H24N2O6. The number of pyridine rings is 1. The van der Waals surface area contributed by atoms with Crippen LogP contribution in [0.25, 0.3) is 0 Å². The zero-order valence-corrected chi connectivity index (χ0v) is 15.0. The topological polar surface area (TPSA) is 84.2 Å². The largest absolute Gasteiger partial charge is 0.618 e. The van der Waals surface area contributed by atoms with E-state index in [1.165, 1.54) is 13.3 Å². The van der Waals surface area contributed by atoms with Gasteiger partial charge in [0.15, 0.2) is 17.5 Å². The standard InChI is InChI=1S/C17H24N2O6/c1-16(2,3)25-15(20)18-9-7-17(13(10-18)23-11-24-17)14-12(22-4)6-5-8-19(14)21/h5-6,8,13H,7,9-11H2,1-4H3/t13-,17+/m1/s1. The van der Waals surface area contributed by atoms with Crippen LogP contribution in [-0.2, 0) is 19.8 Å². The molecule has 0 unspecified atom stereocenters. The van der Waals surface area contributed by atoms with Gasteiger partial charge in [-0.15, -0.1) is 0 Å². The zero-order valence-electron chi connectivity index (χ0n) is 15.0. The maximum Gasteiger partial charge on any atom is 0.410 e. The quantitative estimate of drug-likeness (QED) is 0.593. The van der Waals surface area contributed by atoms with E-state index in [9.17, 15) is 10.0 Å². The van der Waals surface area contributed by atoms with Gasteiger partial charge >= 0.3 is 6.09 Å². The average Bonchev–Trinajstić information content (AvgIpc) is 2.96. The van der Waals surface area contributed by atoms with Gasteiger partial charge in [-0.1, -0.05) is 0 Å². The molecule has 2 aliphatic heterocycles. The van der Waals surface area contributed by atoms with Crippen molar-refractivity contribution in [1.82, 2.24) is 4.90 Å². The molecule has 0 radical (unpaired) electrons. The second-order valence-corrected chi connectivity index (χ2v) is 7.23. The van der Waals surface area contributed by atoms with E-state index in [0.717, 1.165) is 4.73 Å². The molecule has 0 N–H and O–H groups in total. The number of ether oxygens (including phenoxy) is 4. The molecule has 8 heteroatoms. The van der Waals surface area contributed by atoms with Crippen LogP contribution in [0.5, 0.6) is 5.75 Å². The predicted octanol–water partition coefficient (Wildman–Crippen LogP) is 1.54. The number of carbonyl (C=O) groups excluding carboxylic acids is 1. The fourth-order valence-electron chi connectivity index (χ4n) is 3.34. The van der Waals surface area contributed by atoms with E-state index in [1.807, 2.05) is 20.8 Å². The lowest BCUT2D eigenvalue weighted by molar-refractivity contribution is -0.623. The smallest absolute Gasteiger partial charge is 0.410 e. The summed E-state index contributed by atoms with van der Waals surface area (Å²) >= 11 is 0. The van der Waals surface area contributed by atoms with Crippen molar-refractivity contribution in [2.45, 2.75) is 44.5 Å². The van der Waals surface area contributed by atoms with Gasteiger partial charge in [-0.05, 0) is 26.8 Å². The number of piperidine rings is 1. The van der Waals surface area contributed by atoms with Crippen LogP contribution in [0.3, 0.4) is 0 Å². The van der Waals surface area contributed by atoms with Crippen LogP contribution in [0.2, 0.25) is 0 Å². The van der Waals surface area contributed by atoms with Gasteiger partial charge in [0.05, 0.1) is 13.7 Å². The summed E-state index contributed by atoms with van der Waals surface area (Å²) in [6.07, 6.45) is 0.961. The molecule has 0 bridgehead atoms. The third-order valence-corrected chi connectivity index (χ3v) is 4.44. The summed E-state index contributed by atoms with van der Waals surface area (Å²) in [5.41, 5.74) is -1.13. The van der Waals surface area contributed by atoms with E-state index < -0.39 is 23.4 Å². The van der Waals surface area contributed by atoms with Crippen LogP contribution in [0.15, 0.2) is 18.3 Å². The van der Waals surface area contributed by atoms with Crippen molar-refractivity contribution < 1.29 is 28.5 Å². The summed E-state index contributed by atoms with van der Waals surface area (Å²) in [6, 6.07) is 3.34. The van der Waals surface area contributed by atoms with Crippen LogP contribution in [0.1, 0.15) is 32.9 Å². The van der Waals surface area contributed by atoms with Gasteiger partial charge in [0.1, 0.15) is 18.5 Å². The molecule has 0 spiro atoms. The number of methoxy groups -OCH3 is 1. The van der Waals surface area contributed by atoms with Gasteiger partial charge in [0.2, 0.25) is 0 Å². The minimum Gasteiger partial charge on any atom is -0.618 e. The lowest BCUT2D eigenvalue weighted by Gasteiger charge is -2.40. The average molecular weight is 352 g/mol. The number of amides is 1. The minimum atomic E-state index is -0.938. The van der Waals surface area contributed by atoms with Crippen LogP contribution < -0.4 is 9.47 Å². The number of likely N-dealkylation sites (tertiary alicyclic amines) is 1. The Bertz CT molecular complexity index is 659. The van der Waals surface area contributed by atoms with Gasteiger partial charge in [0.25, 0.3) is 5.69 Å². The number of hydrogen-bond donors (Lipinski definition) is 0. The normalized spacial score (nSPS) is 26.2. The number of nitrogens with zero attached hydrogens (tertiary/aromatic N) is 2. The van der Waals surface area contributed by atoms with Gasteiger partial charge in [-0.25, -0.2) is 4.79 Å². The summed E-state index contributed by atoms with van der Waals surface area (Å²) in [6.45, 7) is 6.21. The SMILES string of the molecule is COc1ccc[n+]([O-])c1[C@]12CCN(C(=O)OC(C)(C)C)C[C@H]1OCO2. The van der Waals surface area contributed by atoms with E-state index in [1.54, 1.807) is 17.0 Å². The summed E-state index contributed by atoms with van der Waals surface area (Å²) in [5.74, 6) is 0.443. The highest BCUT2D eigenvalue weighted by molar-refractivity contribution is 5.68. The number of fused-ring (bicyclic) bond motifs is 1. The first kappa shape index (κ1) is 17.8. The molecule has 1 amide bonds. The molecule has 3 heterocycles. The van der Waals surface area contributed by atoms with E-state index in [0.29, 0.717) is 24.4 Å². The number of rotatable bonds is 2. The Hall–Kier alpha value is -2.06. The maximum atomic E-state index is 12.4. The molecule has 0 saturated carbocycles. The number of aromatic nitrogens is 1. The lowest BCUT2D eigenvalue weighted by Crippen LogP contribution is -2.57. The van der Waals surface area contributed by atoms with Crippen molar-refractivity contribution in [3.63, 3.8) is 0 Å². The summed E-state index contributed by atoms with van der Waals surface area (Å²) in [7, 11) is 1.51. The van der Waals surface area contributed by atoms with Crippen molar-refractivity contribution in [2.75, 3.05) is 27.0 Å². The van der Waals surface area contributed by atoms with Crippen molar-refractivity contribution in [1.29, 1.82) is 0 Å². The first-order valence-corrected chi connectivity index (χ1v) is 8.27. The first-order valence-electron chi connectivity index (χ1n) is 8.27. The molecule has 2 saturated heterocycles. The molecule has 3 rings (SSSR count). The molecule has 1 aromatic rings. The molecule has 2 aliphatic rings. The fourth-order valence-corrected chi connectivity index (χ4v) is 3.34. The van der Waals surface area contributed by atoms with Gasteiger partial charge in [0, 0.05) is 19.0 Å². The summed E-state index contributed by atoms with van der Waals surface area (Å²) in [5, 5.41) is 12.4. The second-order valence-electron chi connectivity index (χ2n) is 7.23. The molecule has 138 valence electrons. The monoisotopic (exact) mass is 352 g/mol.